The first-order valence-electron chi connectivity index (χ1n) is 0.683. The molecule has 1 N–H and O–H groups in total. The molecule has 7 heavy (non-hydrogen) atoms. The van der Waals surface area contributed by atoms with Crippen LogP contribution in [0.3, 0.4) is 0 Å². The molecule has 0 fully saturated rings. The quantitative estimate of drug-likeness (QED) is 0.229. The van der Waals surface area contributed by atoms with Crippen molar-refractivity contribution in [3.63, 3.8) is 0 Å². The minimum Gasteiger partial charge on any atom is -0.726 e. The summed E-state index contributed by atoms with van der Waals surface area (Å²) in [6.45, 7) is 0. The summed E-state index contributed by atoms with van der Waals surface area (Å²) < 4.78 is 32.8. The molecular weight excluding hydrogens is 174 g/mol. The summed E-state index contributed by atoms with van der Waals surface area (Å²) in [5.74, 6) is 0. The van der Waals surface area contributed by atoms with Crippen LogP contribution in [0.5, 0.6) is 0 Å². The smallest absolute Gasteiger partial charge is 0.726 e. The predicted molar refractivity (Wildman–Crippen MR) is 18.1 cm³/mol. The molecule has 0 atom stereocenters. The van der Waals surface area contributed by atoms with E-state index >= 15 is 0 Å². The summed E-state index contributed by atoms with van der Waals surface area (Å²) in [7, 11) is -4.92. The Bertz CT molecular complexity index is 92.9. The van der Waals surface area contributed by atoms with Crippen molar-refractivity contribution in [3.05, 3.63) is 0 Å². The average molecular weight is 175 g/mol. The normalized spacial score (nSPS) is 8.29. The summed E-state index contributed by atoms with van der Waals surface area (Å²) in [6, 6.07) is 0. The van der Waals surface area contributed by atoms with Crippen molar-refractivity contribution < 1.29 is 68.9 Å². The molecule has 0 spiro atoms. The first-order chi connectivity index (χ1) is 2.00. The summed E-state index contributed by atoms with van der Waals surface area (Å²) in [5.41, 5.74) is 0. The van der Waals surface area contributed by atoms with Crippen LogP contribution in [0.15, 0.2) is 0 Å². The van der Waals surface area contributed by atoms with E-state index in [4.69, 9.17) is 17.5 Å². The minimum absolute atomic E-state index is 0. The molecule has 0 heterocycles. The van der Waals surface area contributed by atoms with Crippen molar-refractivity contribution in [3.8, 4) is 0 Å². The molecule has 0 aromatic heterocycles. The van der Waals surface area contributed by atoms with Crippen LogP contribution in [0.4, 0.5) is 0 Å². The van der Waals surface area contributed by atoms with Crippen molar-refractivity contribution in [2.45, 2.75) is 0 Å². The molecule has 0 bridgehead atoms. The summed E-state index contributed by atoms with van der Waals surface area (Å²) in [4.78, 5) is 0. The van der Waals surface area contributed by atoms with Gasteiger partial charge in [-0.3, -0.25) is 4.55 Å². The molecule has 0 unspecified atom stereocenters. The molecule has 0 rings (SSSR count). The molecule has 0 amide bonds. The van der Waals surface area contributed by atoms with Crippen LogP contribution in [-0.4, -0.2) is 68.9 Å². The van der Waals surface area contributed by atoms with Crippen LogP contribution in [0.1, 0.15) is 0 Å². The predicted octanol–water partition coefficient (Wildman–Crippen LogP) is -4.37. The Morgan fingerprint density at radius 2 is 1.43 bits per heavy atom. The van der Waals surface area contributed by atoms with Crippen LogP contribution in [0, 0.1) is 0 Å². The molecular formula is HK2O4S. The second-order valence-electron chi connectivity index (χ2n) is 0.428. The van der Waals surface area contributed by atoms with Gasteiger partial charge in [-0.15, -0.1) is 0 Å². The van der Waals surface area contributed by atoms with Crippen LogP contribution in [0.25, 0.3) is 0 Å². The van der Waals surface area contributed by atoms with E-state index in [1.165, 1.54) is 0 Å². The standard InChI is InChI=1S/2K.H2O4S/c;;1-5(2,3)4/h;;(H2,1,2,3,4)/q;+1;/p-1. The van der Waals surface area contributed by atoms with Crippen LogP contribution in [-0.2, 0) is 10.4 Å². The summed E-state index contributed by atoms with van der Waals surface area (Å²) in [6.07, 6.45) is 0. The monoisotopic (exact) mass is 175 g/mol. The van der Waals surface area contributed by atoms with E-state index in [2.05, 4.69) is 0 Å². The molecule has 1 radical (unpaired) electrons. The molecule has 4 nitrogen and oxygen atoms in total. The number of rotatable bonds is 0. The first-order valence-corrected chi connectivity index (χ1v) is 2.05. The Morgan fingerprint density at radius 1 is 1.43 bits per heavy atom. The van der Waals surface area contributed by atoms with E-state index in [0.717, 1.165) is 0 Å². The van der Waals surface area contributed by atoms with Gasteiger partial charge in [0.05, 0.1) is 0 Å². The van der Waals surface area contributed by atoms with Crippen LogP contribution < -0.4 is 51.4 Å². The van der Waals surface area contributed by atoms with Crippen molar-refractivity contribution in [2.75, 3.05) is 0 Å². The molecule has 0 saturated carbocycles. The van der Waals surface area contributed by atoms with Crippen molar-refractivity contribution in [1.29, 1.82) is 0 Å². The third kappa shape index (κ3) is 47.2. The maximum Gasteiger partial charge on any atom is 1.00 e. The Balaban J connectivity index is -0.0000000800. The Hall–Kier alpha value is 3.14. The summed E-state index contributed by atoms with van der Waals surface area (Å²) in [5, 5.41) is 0. The zero-order valence-corrected chi connectivity index (χ0v) is 11.1. The van der Waals surface area contributed by atoms with Crippen molar-refractivity contribution in [2.24, 2.45) is 0 Å². The van der Waals surface area contributed by atoms with Gasteiger partial charge in [0.2, 0.25) is 10.4 Å². The number of hydrogen-bond acceptors (Lipinski definition) is 3. The first kappa shape index (κ1) is 16.6. The topological polar surface area (TPSA) is 77.4 Å². The van der Waals surface area contributed by atoms with Crippen LogP contribution in [0.2, 0.25) is 0 Å². The SMILES string of the molecule is O=S(=O)([O-])O.[K+].[K]. The van der Waals surface area contributed by atoms with Gasteiger partial charge in [0.25, 0.3) is 0 Å². The molecule has 7 heteroatoms. The third-order valence-corrected chi connectivity index (χ3v) is 0. The van der Waals surface area contributed by atoms with Gasteiger partial charge < -0.3 is 4.55 Å². The molecule has 0 aromatic carbocycles. The maximum atomic E-state index is 8.63. The largest absolute Gasteiger partial charge is 1.00 e. The second kappa shape index (κ2) is 7.25. The van der Waals surface area contributed by atoms with E-state index in [1.54, 1.807) is 0 Å². The maximum absolute atomic E-state index is 8.63. The van der Waals surface area contributed by atoms with E-state index < -0.39 is 10.4 Å². The van der Waals surface area contributed by atoms with E-state index in [9.17, 15) is 0 Å². The fourth-order valence-electron chi connectivity index (χ4n) is 0. The Morgan fingerprint density at radius 3 is 1.43 bits per heavy atom. The zero-order valence-electron chi connectivity index (χ0n) is 4.08. The second-order valence-corrected chi connectivity index (χ2v) is 1.28. The molecule has 0 aliphatic heterocycles. The van der Waals surface area contributed by atoms with Gasteiger partial charge in [0, 0.05) is 51.4 Å². The van der Waals surface area contributed by atoms with Gasteiger partial charge in [0.1, 0.15) is 0 Å². The van der Waals surface area contributed by atoms with Gasteiger partial charge >= 0.3 is 51.4 Å². The minimum atomic E-state index is -4.92. The molecule has 0 aliphatic rings. The zero-order chi connectivity index (χ0) is 4.50. The van der Waals surface area contributed by atoms with Gasteiger partial charge in [-0.25, -0.2) is 8.42 Å². The van der Waals surface area contributed by atoms with Gasteiger partial charge in [0.15, 0.2) is 0 Å². The van der Waals surface area contributed by atoms with Crippen molar-refractivity contribution >= 4 is 61.8 Å². The van der Waals surface area contributed by atoms with Gasteiger partial charge in [-0.2, -0.15) is 0 Å². The molecule has 0 aromatic rings. The van der Waals surface area contributed by atoms with E-state index in [0.29, 0.717) is 0 Å². The van der Waals surface area contributed by atoms with E-state index in [1.807, 2.05) is 0 Å². The summed E-state index contributed by atoms with van der Waals surface area (Å²) >= 11 is 0. The molecule has 0 aliphatic carbocycles. The fourth-order valence-corrected chi connectivity index (χ4v) is 0. The van der Waals surface area contributed by atoms with E-state index in [-0.39, 0.29) is 103 Å². The third-order valence-electron chi connectivity index (χ3n) is 0. The fraction of sp³-hybridized carbons (Fsp3) is 0. The van der Waals surface area contributed by atoms with Gasteiger partial charge in [-0.1, -0.05) is 0 Å². The Kier molecular flexibility index (Phi) is 17.2. The van der Waals surface area contributed by atoms with Crippen LogP contribution >= 0.6 is 0 Å². The Labute approximate surface area is 127 Å². The van der Waals surface area contributed by atoms with Gasteiger partial charge in [-0.05, 0) is 0 Å². The van der Waals surface area contributed by atoms with Crippen molar-refractivity contribution in [1.82, 2.24) is 0 Å². The molecule has 0 saturated heterocycles. The average Bonchev–Trinajstić information content (AvgIpc) is 0.722. The molecule has 33 valence electrons. The number of hydrogen-bond donors (Lipinski definition) is 1.